The van der Waals surface area contributed by atoms with Crippen LogP contribution in [0.25, 0.3) is 0 Å². The number of rotatable bonds is 9. The zero-order chi connectivity index (χ0) is 18.4. The van der Waals surface area contributed by atoms with Crippen LogP contribution in [0.4, 0.5) is 0 Å². The number of carbonyl (C=O) groups excluding carboxylic acids is 1. The van der Waals surface area contributed by atoms with Crippen molar-refractivity contribution in [2.24, 2.45) is 0 Å². The summed E-state index contributed by atoms with van der Waals surface area (Å²) >= 11 is 5.89. The summed E-state index contributed by atoms with van der Waals surface area (Å²) in [6.07, 6.45) is 6.94. The molecule has 0 aliphatic rings. The van der Waals surface area contributed by atoms with Crippen LogP contribution in [0, 0.1) is 0 Å². The largest absolute Gasteiger partial charge is 0.378 e. The molecule has 24 heavy (non-hydrogen) atoms. The predicted octanol–water partition coefficient (Wildman–Crippen LogP) is 5.55. The number of hydrogen-bond donors (Lipinski definition) is 0. The molecule has 0 radical (unpaired) electrons. The van der Waals surface area contributed by atoms with Crippen molar-refractivity contribution in [1.29, 1.82) is 0 Å². The lowest BCUT2D eigenvalue weighted by Crippen LogP contribution is -2.03. The maximum Gasteiger partial charge on any atom is 0.149 e. The van der Waals surface area contributed by atoms with Gasteiger partial charge in [0.05, 0.1) is 18.8 Å². The molecule has 0 bridgehead atoms. The highest BCUT2D eigenvalue weighted by Crippen LogP contribution is 2.22. The number of ether oxygens (including phenoxy) is 2. The molecule has 0 saturated carbocycles. The second-order valence-electron chi connectivity index (χ2n) is 4.91. The minimum absolute atomic E-state index is 0.0171. The summed E-state index contributed by atoms with van der Waals surface area (Å²) in [4.78, 5) is 11.0. The van der Waals surface area contributed by atoms with Crippen molar-refractivity contribution >= 4 is 17.9 Å². The van der Waals surface area contributed by atoms with E-state index in [1.54, 1.807) is 19.3 Å². The SMILES string of the molecule is CC.CCC(OC/C=C\C(C=O)=C/C(C)OC)c1ccc(Cl)cc1. The van der Waals surface area contributed by atoms with Crippen LogP contribution in [0.3, 0.4) is 0 Å². The maximum absolute atomic E-state index is 11.0. The molecule has 2 atom stereocenters. The molecule has 1 aromatic carbocycles. The highest BCUT2D eigenvalue weighted by atomic mass is 35.5. The quantitative estimate of drug-likeness (QED) is 0.332. The van der Waals surface area contributed by atoms with Crippen LogP contribution in [0.2, 0.25) is 5.02 Å². The Hall–Kier alpha value is -1.42. The van der Waals surface area contributed by atoms with Gasteiger partial charge in [0.2, 0.25) is 0 Å². The number of aldehydes is 1. The Morgan fingerprint density at radius 3 is 2.38 bits per heavy atom. The summed E-state index contributed by atoms with van der Waals surface area (Å²) in [6.45, 7) is 8.38. The van der Waals surface area contributed by atoms with E-state index in [1.807, 2.05) is 51.1 Å². The fraction of sp³-hybridized carbons (Fsp3) is 0.450. The minimum Gasteiger partial charge on any atom is -0.378 e. The van der Waals surface area contributed by atoms with E-state index in [0.29, 0.717) is 17.2 Å². The van der Waals surface area contributed by atoms with Gasteiger partial charge in [-0.15, -0.1) is 0 Å². The van der Waals surface area contributed by atoms with Crippen molar-refractivity contribution in [3.8, 4) is 0 Å². The summed E-state index contributed by atoms with van der Waals surface area (Å²) in [5, 5.41) is 0.714. The molecule has 1 rings (SSSR count). The summed E-state index contributed by atoms with van der Waals surface area (Å²) in [6, 6.07) is 7.66. The summed E-state index contributed by atoms with van der Waals surface area (Å²) in [5.74, 6) is 0. The fourth-order valence-corrected chi connectivity index (χ4v) is 2.08. The molecule has 0 aromatic heterocycles. The van der Waals surface area contributed by atoms with Gasteiger partial charge in [-0.1, -0.05) is 56.7 Å². The van der Waals surface area contributed by atoms with Crippen molar-refractivity contribution < 1.29 is 14.3 Å². The van der Waals surface area contributed by atoms with Gasteiger partial charge in [0.15, 0.2) is 0 Å². The molecule has 134 valence electrons. The predicted molar refractivity (Wildman–Crippen MR) is 102 cm³/mol. The van der Waals surface area contributed by atoms with Crippen LogP contribution >= 0.6 is 11.6 Å². The van der Waals surface area contributed by atoms with Crippen LogP contribution < -0.4 is 0 Å². The molecule has 2 unspecified atom stereocenters. The molecule has 0 fully saturated rings. The first-order valence-electron chi connectivity index (χ1n) is 8.34. The van der Waals surface area contributed by atoms with Crippen LogP contribution in [0.5, 0.6) is 0 Å². The zero-order valence-corrected chi connectivity index (χ0v) is 16.0. The molecule has 3 nitrogen and oxygen atoms in total. The Labute approximate surface area is 151 Å². The number of methoxy groups -OCH3 is 1. The molecule has 0 N–H and O–H groups in total. The Morgan fingerprint density at radius 2 is 1.88 bits per heavy atom. The average Bonchev–Trinajstić information content (AvgIpc) is 2.63. The van der Waals surface area contributed by atoms with E-state index < -0.39 is 0 Å². The van der Waals surface area contributed by atoms with E-state index in [2.05, 4.69) is 6.92 Å². The second kappa shape index (κ2) is 14.0. The van der Waals surface area contributed by atoms with Gasteiger partial charge in [-0.2, -0.15) is 0 Å². The molecule has 0 spiro atoms. The van der Waals surface area contributed by atoms with E-state index in [-0.39, 0.29) is 12.2 Å². The molecular formula is C20H29ClO3. The third kappa shape index (κ3) is 9.02. The Bertz CT molecular complexity index is 506. The van der Waals surface area contributed by atoms with E-state index >= 15 is 0 Å². The number of benzene rings is 1. The lowest BCUT2D eigenvalue weighted by atomic mass is 10.1. The van der Waals surface area contributed by atoms with Crippen molar-refractivity contribution in [3.05, 3.63) is 58.7 Å². The second-order valence-corrected chi connectivity index (χ2v) is 5.35. The van der Waals surface area contributed by atoms with E-state index in [1.165, 1.54) is 0 Å². The number of carbonyl (C=O) groups is 1. The monoisotopic (exact) mass is 352 g/mol. The third-order valence-corrected chi connectivity index (χ3v) is 3.50. The Balaban J connectivity index is 0.00000254. The summed E-state index contributed by atoms with van der Waals surface area (Å²) in [5.41, 5.74) is 1.68. The van der Waals surface area contributed by atoms with Crippen LogP contribution in [0.1, 0.15) is 45.8 Å². The van der Waals surface area contributed by atoms with Crippen molar-refractivity contribution in [1.82, 2.24) is 0 Å². The number of allylic oxidation sites excluding steroid dienone is 2. The first-order chi connectivity index (χ1) is 11.6. The highest BCUT2D eigenvalue weighted by Gasteiger charge is 2.08. The lowest BCUT2D eigenvalue weighted by Gasteiger charge is -2.15. The standard InChI is InChI=1S/C18H23ClO3.C2H6/c1-4-18(16-7-9-17(19)10-8-16)22-11-5-6-15(13-20)12-14(2)21-3;1-2/h5-10,12-14,18H,4,11H2,1-3H3;1-2H3/b6-5-,15-12+;. The Kier molecular flexibility index (Phi) is 13.1. The molecule has 0 heterocycles. The zero-order valence-electron chi connectivity index (χ0n) is 15.3. The first kappa shape index (κ1) is 22.6. The number of halogens is 1. The number of hydrogen-bond acceptors (Lipinski definition) is 3. The normalized spacial score (nSPS) is 14.0. The summed E-state index contributed by atoms with van der Waals surface area (Å²) in [7, 11) is 1.61. The van der Waals surface area contributed by atoms with Crippen molar-refractivity contribution in [2.45, 2.75) is 46.3 Å². The maximum atomic E-state index is 11.0. The first-order valence-corrected chi connectivity index (χ1v) is 8.71. The lowest BCUT2D eigenvalue weighted by molar-refractivity contribution is -0.104. The third-order valence-electron chi connectivity index (χ3n) is 3.25. The molecule has 0 aliphatic heterocycles. The van der Waals surface area contributed by atoms with E-state index in [0.717, 1.165) is 18.3 Å². The molecule has 0 saturated heterocycles. The van der Waals surface area contributed by atoms with Crippen molar-refractivity contribution in [2.75, 3.05) is 13.7 Å². The van der Waals surface area contributed by atoms with Crippen LogP contribution in [-0.4, -0.2) is 26.1 Å². The van der Waals surface area contributed by atoms with Gasteiger partial charge >= 0.3 is 0 Å². The minimum atomic E-state index is -0.0942. The smallest absolute Gasteiger partial charge is 0.149 e. The van der Waals surface area contributed by atoms with Gasteiger partial charge in [-0.25, -0.2) is 0 Å². The molecule has 1 aromatic rings. The van der Waals surface area contributed by atoms with Gasteiger partial charge in [0, 0.05) is 17.7 Å². The molecule has 0 aliphatic carbocycles. The Morgan fingerprint density at radius 1 is 1.25 bits per heavy atom. The van der Waals surface area contributed by atoms with Gasteiger partial charge in [0.25, 0.3) is 0 Å². The topological polar surface area (TPSA) is 35.5 Å². The van der Waals surface area contributed by atoms with Gasteiger partial charge in [-0.3, -0.25) is 4.79 Å². The van der Waals surface area contributed by atoms with E-state index in [4.69, 9.17) is 21.1 Å². The van der Waals surface area contributed by atoms with Crippen molar-refractivity contribution in [3.63, 3.8) is 0 Å². The van der Waals surface area contributed by atoms with Gasteiger partial charge in [-0.05, 0) is 37.1 Å². The summed E-state index contributed by atoms with van der Waals surface area (Å²) < 4.78 is 10.9. The van der Waals surface area contributed by atoms with Crippen LogP contribution in [-0.2, 0) is 14.3 Å². The molecule has 0 amide bonds. The molecule has 4 heteroatoms. The van der Waals surface area contributed by atoms with Crippen LogP contribution in [0.15, 0.2) is 48.1 Å². The fourth-order valence-electron chi connectivity index (χ4n) is 1.96. The highest BCUT2D eigenvalue weighted by molar-refractivity contribution is 6.30. The average molecular weight is 353 g/mol. The van der Waals surface area contributed by atoms with Gasteiger partial charge < -0.3 is 9.47 Å². The molecular weight excluding hydrogens is 324 g/mol. The van der Waals surface area contributed by atoms with E-state index in [9.17, 15) is 4.79 Å². The van der Waals surface area contributed by atoms with Gasteiger partial charge in [0.1, 0.15) is 6.29 Å².